The van der Waals surface area contributed by atoms with Crippen molar-refractivity contribution in [3.8, 4) is 11.8 Å². The van der Waals surface area contributed by atoms with Gasteiger partial charge in [0.15, 0.2) is 5.16 Å². The first-order valence-electron chi connectivity index (χ1n) is 8.81. The van der Waals surface area contributed by atoms with Crippen molar-refractivity contribution in [2.45, 2.75) is 10.1 Å². The summed E-state index contributed by atoms with van der Waals surface area (Å²) in [6, 6.07) is 14.4. The molecule has 0 fully saturated rings. The molecular weight excluding hydrogens is 418 g/mol. The Morgan fingerprint density at radius 1 is 1.23 bits per heavy atom. The van der Waals surface area contributed by atoms with Crippen molar-refractivity contribution in [3.05, 3.63) is 82.2 Å². The number of nitro benzene ring substituents is 1. The van der Waals surface area contributed by atoms with Gasteiger partial charge in [-0.2, -0.15) is 5.26 Å². The molecule has 3 aromatic rings. The highest BCUT2D eigenvalue weighted by atomic mass is 32.2. The molecular formula is C21H15N5O4S. The van der Waals surface area contributed by atoms with E-state index in [1.54, 1.807) is 42.7 Å². The molecule has 9 nitrogen and oxygen atoms in total. The zero-order chi connectivity index (χ0) is 22.2. The fourth-order valence-corrected chi connectivity index (χ4v) is 3.33. The molecule has 1 aromatic heterocycles. The Morgan fingerprint density at radius 3 is 2.65 bits per heavy atom. The minimum Gasteiger partial charge on any atom is -0.495 e. The molecule has 0 spiro atoms. The highest BCUT2D eigenvalue weighted by Crippen LogP contribution is 2.32. The average molecular weight is 433 g/mol. The molecule has 31 heavy (non-hydrogen) atoms. The van der Waals surface area contributed by atoms with Crippen molar-refractivity contribution in [2.24, 2.45) is 0 Å². The molecule has 1 heterocycles. The van der Waals surface area contributed by atoms with Gasteiger partial charge in [0, 0.05) is 29.4 Å². The van der Waals surface area contributed by atoms with Gasteiger partial charge in [-0.05, 0) is 47.7 Å². The Bertz CT molecular complexity index is 1190. The predicted octanol–water partition coefficient (Wildman–Crippen LogP) is 4.09. The molecule has 10 heteroatoms. The van der Waals surface area contributed by atoms with E-state index >= 15 is 0 Å². The number of non-ortho nitro benzene ring substituents is 1. The van der Waals surface area contributed by atoms with Gasteiger partial charge in [0.2, 0.25) is 0 Å². The number of rotatable bonds is 7. The summed E-state index contributed by atoms with van der Waals surface area (Å²) < 4.78 is 5.20. The summed E-state index contributed by atoms with van der Waals surface area (Å²) in [6.07, 6.45) is 4.43. The van der Waals surface area contributed by atoms with Gasteiger partial charge in [0.05, 0.1) is 17.7 Å². The number of methoxy groups -OCH3 is 1. The van der Waals surface area contributed by atoms with Crippen LogP contribution in [0.4, 0.5) is 11.4 Å². The summed E-state index contributed by atoms with van der Waals surface area (Å²) >= 11 is 1.16. The number of nitrogens with one attached hydrogen (secondary N) is 1. The van der Waals surface area contributed by atoms with E-state index in [0.717, 1.165) is 11.8 Å². The maximum Gasteiger partial charge on any atom is 0.270 e. The van der Waals surface area contributed by atoms with E-state index in [0.29, 0.717) is 27.1 Å². The van der Waals surface area contributed by atoms with Crippen molar-refractivity contribution < 1.29 is 14.5 Å². The fourth-order valence-electron chi connectivity index (χ4n) is 2.53. The smallest absolute Gasteiger partial charge is 0.270 e. The molecule has 0 bridgehead atoms. The van der Waals surface area contributed by atoms with Crippen LogP contribution in [0.3, 0.4) is 0 Å². The molecule has 0 aliphatic heterocycles. The summed E-state index contributed by atoms with van der Waals surface area (Å²) in [6.45, 7) is 0. The van der Waals surface area contributed by atoms with E-state index in [1.165, 1.54) is 31.4 Å². The molecule has 0 saturated heterocycles. The van der Waals surface area contributed by atoms with E-state index in [2.05, 4.69) is 15.3 Å². The molecule has 2 aromatic carbocycles. The number of carbonyl (C=O) groups is 1. The lowest BCUT2D eigenvalue weighted by Crippen LogP contribution is -2.14. The Labute approximate surface area is 181 Å². The van der Waals surface area contributed by atoms with Gasteiger partial charge >= 0.3 is 0 Å². The first-order chi connectivity index (χ1) is 15.0. The van der Waals surface area contributed by atoms with E-state index in [1.807, 2.05) is 6.07 Å². The third-order valence-electron chi connectivity index (χ3n) is 3.97. The van der Waals surface area contributed by atoms with Crippen LogP contribution < -0.4 is 10.1 Å². The predicted molar refractivity (Wildman–Crippen MR) is 114 cm³/mol. The van der Waals surface area contributed by atoms with Crippen LogP contribution in [0, 0.1) is 21.4 Å². The van der Waals surface area contributed by atoms with Crippen LogP contribution in [0.2, 0.25) is 0 Å². The standard InChI is InChI=1S/C21H15N5O4S/c1-30-18-6-3-2-5-17(18)25-20(27)15(13-22)11-14-12-16(26(28)29)7-8-19(14)31-21-23-9-4-10-24-21/h2-12H,1H3,(H,25,27)/b15-11+. The molecule has 0 atom stereocenters. The van der Waals surface area contributed by atoms with Crippen molar-refractivity contribution >= 4 is 35.1 Å². The van der Waals surface area contributed by atoms with Crippen LogP contribution in [-0.4, -0.2) is 27.9 Å². The van der Waals surface area contributed by atoms with E-state index < -0.39 is 10.8 Å². The lowest BCUT2D eigenvalue weighted by molar-refractivity contribution is -0.384. The van der Waals surface area contributed by atoms with Gasteiger partial charge in [0.25, 0.3) is 11.6 Å². The molecule has 0 unspecified atom stereocenters. The zero-order valence-corrected chi connectivity index (χ0v) is 17.0. The number of nitriles is 1. The monoisotopic (exact) mass is 433 g/mol. The quantitative estimate of drug-likeness (QED) is 0.194. The summed E-state index contributed by atoms with van der Waals surface area (Å²) in [5, 5.41) is 23.8. The van der Waals surface area contributed by atoms with Crippen molar-refractivity contribution in [2.75, 3.05) is 12.4 Å². The first kappa shape index (κ1) is 21.5. The van der Waals surface area contributed by atoms with Crippen molar-refractivity contribution in [3.63, 3.8) is 0 Å². The van der Waals surface area contributed by atoms with Crippen LogP contribution in [0.5, 0.6) is 5.75 Å². The number of benzene rings is 2. The Balaban J connectivity index is 1.97. The molecule has 3 rings (SSSR count). The number of nitro groups is 1. The Kier molecular flexibility index (Phi) is 6.93. The van der Waals surface area contributed by atoms with Crippen molar-refractivity contribution in [1.29, 1.82) is 5.26 Å². The number of para-hydroxylation sites is 2. The van der Waals surface area contributed by atoms with Gasteiger partial charge in [-0.25, -0.2) is 9.97 Å². The summed E-state index contributed by atoms with van der Waals surface area (Å²) in [5.41, 5.74) is 0.301. The lowest BCUT2D eigenvalue weighted by atomic mass is 10.1. The van der Waals surface area contributed by atoms with Crippen molar-refractivity contribution in [1.82, 2.24) is 9.97 Å². The second-order valence-electron chi connectivity index (χ2n) is 5.94. The van der Waals surface area contributed by atoms with Gasteiger partial charge < -0.3 is 10.1 Å². The van der Waals surface area contributed by atoms with E-state index in [-0.39, 0.29) is 11.3 Å². The molecule has 154 valence electrons. The number of hydrogen-bond acceptors (Lipinski definition) is 8. The van der Waals surface area contributed by atoms with E-state index in [9.17, 15) is 20.2 Å². The second kappa shape index (κ2) is 10.00. The topological polar surface area (TPSA) is 131 Å². The second-order valence-corrected chi connectivity index (χ2v) is 6.95. The number of amides is 1. The van der Waals surface area contributed by atoms with Crippen LogP contribution in [-0.2, 0) is 4.79 Å². The number of aromatic nitrogens is 2. The number of hydrogen-bond donors (Lipinski definition) is 1. The highest BCUT2D eigenvalue weighted by Gasteiger charge is 2.16. The molecule has 1 amide bonds. The average Bonchev–Trinajstić information content (AvgIpc) is 2.79. The van der Waals surface area contributed by atoms with Gasteiger partial charge in [-0.3, -0.25) is 14.9 Å². The third kappa shape index (κ3) is 5.43. The fraction of sp³-hybridized carbons (Fsp3) is 0.0476. The van der Waals surface area contributed by atoms with Gasteiger partial charge in [-0.1, -0.05) is 12.1 Å². The molecule has 0 radical (unpaired) electrons. The Morgan fingerprint density at radius 2 is 1.97 bits per heavy atom. The maximum atomic E-state index is 12.7. The molecule has 1 N–H and O–H groups in total. The summed E-state index contributed by atoms with van der Waals surface area (Å²) in [7, 11) is 1.46. The number of carbonyl (C=O) groups excluding carboxylic acids is 1. The number of ether oxygens (including phenoxy) is 1. The summed E-state index contributed by atoms with van der Waals surface area (Å²) in [5.74, 6) is -0.244. The van der Waals surface area contributed by atoms with Gasteiger partial charge in [0.1, 0.15) is 17.4 Å². The van der Waals surface area contributed by atoms with Crippen LogP contribution in [0.25, 0.3) is 6.08 Å². The highest BCUT2D eigenvalue weighted by molar-refractivity contribution is 7.99. The number of anilines is 1. The van der Waals surface area contributed by atoms with Crippen LogP contribution >= 0.6 is 11.8 Å². The maximum absolute atomic E-state index is 12.7. The Hall–Kier alpha value is -4.23. The minimum absolute atomic E-state index is 0.174. The summed E-state index contributed by atoms with van der Waals surface area (Å²) in [4.78, 5) is 32.1. The van der Waals surface area contributed by atoms with Gasteiger partial charge in [-0.15, -0.1) is 0 Å². The molecule has 0 aliphatic carbocycles. The molecule has 0 aliphatic rings. The molecule has 0 saturated carbocycles. The normalized spacial score (nSPS) is 10.8. The number of nitrogens with zero attached hydrogens (tertiary/aromatic N) is 4. The zero-order valence-electron chi connectivity index (χ0n) is 16.2. The largest absolute Gasteiger partial charge is 0.495 e. The van der Waals surface area contributed by atoms with Crippen LogP contribution in [0.1, 0.15) is 5.56 Å². The van der Waals surface area contributed by atoms with Crippen LogP contribution in [0.15, 0.2) is 76.5 Å². The third-order valence-corrected chi connectivity index (χ3v) is 4.95. The first-order valence-corrected chi connectivity index (χ1v) is 9.63. The SMILES string of the molecule is COc1ccccc1NC(=O)/C(C#N)=C/c1cc([N+](=O)[O-])ccc1Sc1ncccn1. The lowest BCUT2D eigenvalue weighted by Gasteiger charge is -2.10. The van der Waals surface area contributed by atoms with E-state index in [4.69, 9.17) is 4.74 Å². The minimum atomic E-state index is -0.676.